The molecule has 2 heterocycles. The number of rotatable bonds is 4. The Labute approximate surface area is 91.9 Å². The Morgan fingerprint density at radius 1 is 1.53 bits per heavy atom. The number of thiophene rings is 1. The molecule has 0 fully saturated rings. The van der Waals surface area contributed by atoms with Gasteiger partial charge >= 0.3 is 0 Å². The van der Waals surface area contributed by atoms with Crippen molar-refractivity contribution in [1.29, 1.82) is 0 Å². The summed E-state index contributed by atoms with van der Waals surface area (Å²) < 4.78 is 10.1. The van der Waals surface area contributed by atoms with Gasteiger partial charge in [0.15, 0.2) is 5.82 Å². The van der Waals surface area contributed by atoms with E-state index in [-0.39, 0.29) is 0 Å². The first kappa shape index (κ1) is 10.3. The molecule has 0 saturated carbocycles. The minimum absolute atomic E-state index is 0.385. The first-order valence-corrected chi connectivity index (χ1v) is 5.61. The SMILES string of the molecule is CCc1ccsc1-c1nc(COC)no1. The summed E-state index contributed by atoms with van der Waals surface area (Å²) in [5.41, 5.74) is 1.24. The van der Waals surface area contributed by atoms with E-state index < -0.39 is 0 Å². The molecule has 0 saturated heterocycles. The summed E-state index contributed by atoms with van der Waals surface area (Å²) in [5, 5.41) is 5.87. The van der Waals surface area contributed by atoms with Crippen LogP contribution in [-0.4, -0.2) is 17.3 Å². The van der Waals surface area contributed by atoms with Crippen LogP contribution in [0.4, 0.5) is 0 Å². The van der Waals surface area contributed by atoms with Crippen molar-refractivity contribution < 1.29 is 9.26 Å². The van der Waals surface area contributed by atoms with E-state index in [1.54, 1.807) is 18.4 Å². The Balaban J connectivity index is 2.28. The maximum atomic E-state index is 5.17. The molecule has 15 heavy (non-hydrogen) atoms. The second kappa shape index (κ2) is 4.55. The molecule has 0 N–H and O–H groups in total. The van der Waals surface area contributed by atoms with Gasteiger partial charge in [-0.15, -0.1) is 11.3 Å². The molecule has 2 rings (SSSR count). The lowest BCUT2D eigenvalue weighted by molar-refractivity contribution is 0.174. The average Bonchev–Trinajstić information content (AvgIpc) is 2.84. The number of aryl methyl sites for hydroxylation is 1. The van der Waals surface area contributed by atoms with Crippen LogP contribution in [0.5, 0.6) is 0 Å². The summed E-state index contributed by atoms with van der Waals surface area (Å²) in [7, 11) is 1.61. The Hall–Kier alpha value is -1.20. The summed E-state index contributed by atoms with van der Waals surface area (Å²) >= 11 is 1.62. The number of ether oxygens (including phenoxy) is 1. The molecule has 0 aromatic carbocycles. The van der Waals surface area contributed by atoms with Crippen LogP contribution in [0.2, 0.25) is 0 Å². The zero-order valence-electron chi connectivity index (χ0n) is 8.69. The largest absolute Gasteiger partial charge is 0.377 e. The van der Waals surface area contributed by atoms with Crippen molar-refractivity contribution in [1.82, 2.24) is 10.1 Å². The highest BCUT2D eigenvalue weighted by Gasteiger charge is 2.13. The van der Waals surface area contributed by atoms with Crippen LogP contribution in [0.1, 0.15) is 18.3 Å². The topological polar surface area (TPSA) is 48.2 Å². The van der Waals surface area contributed by atoms with Crippen molar-refractivity contribution in [3.63, 3.8) is 0 Å². The lowest BCUT2D eigenvalue weighted by Crippen LogP contribution is -1.89. The van der Waals surface area contributed by atoms with Gasteiger partial charge in [-0.1, -0.05) is 12.1 Å². The van der Waals surface area contributed by atoms with E-state index in [4.69, 9.17) is 9.26 Å². The predicted molar refractivity (Wildman–Crippen MR) is 57.7 cm³/mol. The quantitative estimate of drug-likeness (QED) is 0.800. The minimum atomic E-state index is 0.385. The lowest BCUT2D eigenvalue weighted by atomic mass is 10.2. The van der Waals surface area contributed by atoms with Crippen molar-refractivity contribution in [2.24, 2.45) is 0 Å². The molecule has 2 aromatic heterocycles. The molecule has 2 aromatic rings. The fraction of sp³-hybridized carbons (Fsp3) is 0.400. The summed E-state index contributed by atoms with van der Waals surface area (Å²) in [6.45, 7) is 2.49. The van der Waals surface area contributed by atoms with Gasteiger partial charge in [-0.3, -0.25) is 0 Å². The highest BCUT2D eigenvalue weighted by Crippen LogP contribution is 2.28. The maximum absolute atomic E-state index is 5.17. The van der Waals surface area contributed by atoms with Gasteiger partial charge in [-0.2, -0.15) is 4.98 Å². The summed E-state index contributed by atoms with van der Waals surface area (Å²) in [6.07, 6.45) is 0.973. The molecule has 0 aliphatic rings. The molecule has 0 spiro atoms. The van der Waals surface area contributed by atoms with Crippen molar-refractivity contribution in [2.45, 2.75) is 20.0 Å². The number of aromatic nitrogens is 2. The number of nitrogens with zero attached hydrogens (tertiary/aromatic N) is 2. The monoisotopic (exact) mass is 224 g/mol. The van der Waals surface area contributed by atoms with E-state index >= 15 is 0 Å². The van der Waals surface area contributed by atoms with Crippen molar-refractivity contribution in [3.8, 4) is 10.8 Å². The molecular weight excluding hydrogens is 212 g/mol. The highest BCUT2D eigenvalue weighted by atomic mass is 32.1. The first-order valence-electron chi connectivity index (χ1n) is 4.73. The summed E-state index contributed by atoms with van der Waals surface area (Å²) in [6, 6.07) is 2.08. The van der Waals surface area contributed by atoms with Crippen LogP contribution in [0, 0.1) is 0 Å². The van der Waals surface area contributed by atoms with Crippen LogP contribution in [0.3, 0.4) is 0 Å². The van der Waals surface area contributed by atoms with E-state index in [0.717, 1.165) is 11.3 Å². The smallest absolute Gasteiger partial charge is 0.268 e. The standard InChI is InChI=1S/C10H12N2O2S/c1-3-7-4-5-15-9(7)10-11-8(6-13-2)12-14-10/h4-5H,3,6H2,1-2H3. The number of hydrogen-bond acceptors (Lipinski definition) is 5. The average molecular weight is 224 g/mol. The second-order valence-electron chi connectivity index (χ2n) is 3.08. The normalized spacial score (nSPS) is 10.8. The lowest BCUT2D eigenvalue weighted by Gasteiger charge is -1.93. The van der Waals surface area contributed by atoms with Crippen LogP contribution in [0.15, 0.2) is 16.0 Å². The Morgan fingerprint density at radius 3 is 3.13 bits per heavy atom. The van der Waals surface area contributed by atoms with Gasteiger partial charge in [0.05, 0.1) is 4.88 Å². The highest BCUT2D eigenvalue weighted by molar-refractivity contribution is 7.13. The molecule has 0 unspecified atom stereocenters. The zero-order chi connectivity index (χ0) is 10.7. The van der Waals surface area contributed by atoms with Crippen molar-refractivity contribution in [2.75, 3.05) is 7.11 Å². The summed E-state index contributed by atoms with van der Waals surface area (Å²) in [4.78, 5) is 5.32. The third-order valence-corrected chi connectivity index (χ3v) is 3.01. The maximum Gasteiger partial charge on any atom is 0.268 e. The molecule has 0 radical (unpaired) electrons. The third kappa shape index (κ3) is 2.08. The molecule has 5 heteroatoms. The van der Waals surface area contributed by atoms with Gasteiger partial charge in [0.1, 0.15) is 6.61 Å². The first-order chi connectivity index (χ1) is 7.35. The molecule has 0 aliphatic carbocycles. The number of methoxy groups -OCH3 is 1. The van der Waals surface area contributed by atoms with Gasteiger partial charge in [0, 0.05) is 7.11 Å². The fourth-order valence-corrected chi connectivity index (χ4v) is 2.25. The summed E-state index contributed by atoms with van der Waals surface area (Å²) in [5.74, 6) is 1.18. The van der Waals surface area contributed by atoms with E-state index in [1.165, 1.54) is 5.56 Å². The third-order valence-electron chi connectivity index (χ3n) is 2.06. The second-order valence-corrected chi connectivity index (χ2v) is 3.99. The van der Waals surface area contributed by atoms with Crippen molar-refractivity contribution >= 4 is 11.3 Å². The zero-order valence-corrected chi connectivity index (χ0v) is 9.50. The molecule has 0 bridgehead atoms. The Kier molecular flexibility index (Phi) is 3.13. The molecule has 4 nitrogen and oxygen atoms in total. The fourth-order valence-electron chi connectivity index (χ4n) is 1.34. The molecular formula is C10H12N2O2S. The van der Waals surface area contributed by atoms with Gasteiger partial charge in [0.2, 0.25) is 0 Å². The molecule has 80 valence electrons. The van der Waals surface area contributed by atoms with Gasteiger partial charge < -0.3 is 9.26 Å². The van der Waals surface area contributed by atoms with E-state index in [9.17, 15) is 0 Å². The van der Waals surface area contributed by atoms with Crippen LogP contribution < -0.4 is 0 Å². The van der Waals surface area contributed by atoms with Crippen LogP contribution in [-0.2, 0) is 17.8 Å². The van der Waals surface area contributed by atoms with Gasteiger partial charge in [-0.25, -0.2) is 0 Å². The van der Waals surface area contributed by atoms with E-state index in [1.807, 2.05) is 5.38 Å². The Bertz CT molecular complexity index is 436. The minimum Gasteiger partial charge on any atom is -0.377 e. The number of hydrogen-bond donors (Lipinski definition) is 0. The van der Waals surface area contributed by atoms with E-state index in [2.05, 4.69) is 23.1 Å². The van der Waals surface area contributed by atoms with Crippen LogP contribution in [0.25, 0.3) is 10.8 Å². The predicted octanol–water partition coefficient (Wildman–Crippen LogP) is 2.51. The van der Waals surface area contributed by atoms with E-state index in [0.29, 0.717) is 18.3 Å². The molecule has 0 amide bonds. The molecule has 0 atom stereocenters. The molecule has 0 aliphatic heterocycles. The van der Waals surface area contributed by atoms with Crippen LogP contribution >= 0.6 is 11.3 Å². The van der Waals surface area contributed by atoms with Gasteiger partial charge in [-0.05, 0) is 23.4 Å². The Morgan fingerprint density at radius 2 is 2.40 bits per heavy atom. The van der Waals surface area contributed by atoms with Crippen molar-refractivity contribution in [3.05, 3.63) is 22.8 Å². The van der Waals surface area contributed by atoms with Gasteiger partial charge in [0.25, 0.3) is 5.89 Å².